The summed E-state index contributed by atoms with van der Waals surface area (Å²) >= 11 is 11.6. The topological polar surface area (TPSA) is 67.8 Å². The number of nitrogens with one attached hydrogen (secondary N) is 1. The van der Waals surface area contributed by atoms with Crippen molar-refractivity contribution in [3.63, 3.8) is 0 Å². The van der Waals surface area contributed by atoms with Crippen molar-refractivity contribution < 1.29 is 4.79 Å². The molecule has 7 heteroatoms. The lowest BCUT2D eigenvalue weighted by Crippen LogP contribution is -2.15. The second kappa shape index (κ2) is 5.50. The van der Waals surface area contributed by atoms with Crippen LogP contribution in [0.5, 0.6) is 0 Å². The SMILES string of the molecule is Cc1cc(C(=O)Nc2nc(C)cc(Cl)n2)cc(Cl)n1. The van der Waals surface area contributed by atoms with Gasteiger partial charge in [-0.25, -0.2) is 15.0 Å². The fourth-order valence-corrected chi connectivity index (χ4v) is 2.01. The van der Waals surface area contributed by atoms with Gasteiger partial charge in [0.05, 0.1) is 0 Å². The molecule has 2 heterocycles. The molecule has 5 nitrogen and oxygen atoms in total. The van der Waals surface area contributed by atoms with E-state index in [9.17, 15) is 4.79 Å². The summed E-state index contributed by atoms with van der Waals surface area (Å²) in [5, 5.41) is 3.09. The van der Waals surface area contributed by atoms with E-state index in [2.05, 4.69) is 20.3 Å². The zero-order chi connectivity index (χ0) is 14.0. The summed E-state index contributed by atoms with van der Waals surface area (Å²) in [6.07, 6.45) is 0. The third kappa shape index (κ3) is 3.62. The molecule has 0 aromatic carbocycles. The van der Waals surface area contributed by atoms with Crippen LogP contribution in [0.1, 0.15) is 21.7 Å². The molecule has 0 aliphatic rings. The summed E-state index contributed by atoms with van der Waals surface area (Å²) in [6, 6.07) is 4.70. The minimum Gasteiger partial charge on any atom is -0.290 e. The zero-order valence-corrected chi connectivity index (χ0v) is 11.7. The third-order valence-electron chi connectivity index (χ3n) is 2.23. The molecule has 98 valence electrons. The Morgan fingerprint density at radius 2 is 1.63 bits per heavy atom. The van der Waals surface area contributed by atoms with Gasteiger partial charge in [0.25, 0.3) is 5.91 Å². The molecule has 0 saturated carbocycles. The van der Waals surface area contributed by atoms with Crippen LogP contribution in [0.4, 0.5) is 5.95 Å². The van der Waals surface area contributed by atoms with Crippen molar-refractivity contribution in [1.29, 1.82) is 0 Å². The van der Waals surface area contributed by atoms with Crippen LogP contribution in [0.2, 0.25) is 10.3 Å². The van der Waals surface area contributed by atoms with Crippen molar-refractivity contribution in [2.45, 2.75) is 13.8 Å². The third-order valence-corrected chi connectivity index (χ3v) is 2.62. The van der Waals surface area contributed by atoms with Gasteiger partial charge in [-0.1, -0.05) is 23.2 Å². The molecule has 0 aliphatic carbocycles. The largest absolute Gasteiger partial charge is 0.290 e. The second-order valence-electron chi connectivity index (χ2n) is 3.93. The maximum absolute atomic E-state index is 12.0. The van der Waals surface area contributed by atoms with Crippen molar-refractivity contribution in [1.82, 2.24) is 15.0 Å². The number of carbonyl (C=O) groups is 1. The first-order valence-electron chi connectivity index (χ1n) is 5.41. The van der Waals surface area contributed by atoms with Crippen molar-refractivity contribution in [2.75, 3.05) is 5.32 Å². The summed E-state index contributed by atoms with van der Waals surface area (Å²) in [6.45, 7) is 3.51. The molecule has 1 amide bonds. The number of carbonyl (C=O) groups excluding carboxylic acids is 1. The molecule has 0 radical (unpaired) electrons. The van der Waals surface area contributed by atoms with E-state index in [-0.39, 0.29) is 22.2 Å². The summed E-state index contributed by atoms with van der Waals surface area (Å²) in [5.74, 6) is -0.213. The van der Waals surface area contributed by atoms with Crippen LogP contribution in [-0.2, 0) is 0 Å². The summed E-state index contributed by atoms with van der Waals surface area (Å²) < 4.78 is 0. The van der Waals surface area contributed by atoms with Gasteiger partial charge >= 0.3 is 0 Å². The van der Waals surface area contributed by atoms with E-state index in [0.717, 1.165) is 0 Å². The Morgan fingerprint density at radius 3 is 2.26 bits per heavy atom. The van der Waals surface area contributed by atoms with Crippen LogP contribution < -0.4 is 5.32 Å². The highest BCUT2D eigenvalue weighted by Gasteiger charge is 2.10. The lowest BCUT2D eigenvalue weighted by atomic mass is 10.2. The molecular formula is C12H10Cl2N4O. The molecule has 0 unspecified atom stereocenters. The summed E-state index contributed by atoms with van der Waals surface area (Å²) in [4.78, 5) is 24.0. The van der Waals surface area contributed by atoms with E-state index in [1.165, 1.54) is 6.07 Å². The number of aryl methyl sites for hydroxylation is 2. The van der Waals surface area contributed by atoms with Gasteiger partial charge in [-0.2, -0.15) is 0 Å². The standard InChI is InChI=1S/C12H10Cl2N4O/c1-6-3-8(5-10(14)15-6)11(19)18-12-16-7(2)4-9(13)17-12/h3-5H,1-2H3,(H,16,17,18,19). The Morgan fingerprint density at radius 1 is 1.00 bits per heavy atom. The Balaban J connectivity index is 2.25. The lowest BCUT2D eigenvalue weighted by molar-refractivity contribution is 0.102. The maximum atomic E-state index is 12.0. The van der Waals surface area contributed by atoms with Crippen molar-refractivity contribution in [3.8, 4) is 0 Å². The Labute approximate surface area is 120 Å². The van der Waals surface area contributed by atoms with Crippen LogP contribution in [0.25, 0.3) is 0 Å². The smallest absolute Gasteiger partial charge is 0.258 e. The normalized spacial score (nSPS) is 10.3. The average molecular weight is 297 g/mol. The second-order valence-corrected chi connectivity index (χ2v) is 4.70. The predicted molar refractivity (Wildman–Crippen MR) is 73.7 cm³/mol. The molecule has 0 fully saturated rings. The van der Waals surface area contributed by atoms with Crippen molar-refractivity contribution >= 4 is 35.1 Å². The van der Waals surface area contributed by atoms with Gasteiger partial charge in [0.15, 0.2) is 0 Å². The first-order chi connectivity index (χ1) is 8.94. The number of rotatable bonds is 2. The van der Waals surface area contributed by atoms with Gasteiger partial charge in [-0.3, -0.25) is 10.1 Å². The molecule has 2 aromatic heterocycles. The van der Waals surface area contributed by atoms with E-state index < -0.39 is 0 Å². The van der Waals surface area contributed by atoms with E-state index in [0.29, 0.717) is 17.0 Å². The highest BCUT2D eigenvalue weighted by Crippen LogP contribution is 2.13. The summed E-state index contributed by atoms with van der Waals surface area (Å²) in [7, 11) is 0. The monoisotopic (exact) mass is 296 g/mol. The molecule has 2 aromatic rings. The fraction of sp³-hybridized carbons (Fsp3) is 0.167. The molecule has 1 N–H and O–H groups in total. The molecule has 19 heavy (non-hydrogen) atoms. The number of halogens is 2. The van der Waals surface area contributed by atoms with Crippen molar-refractivity contribution in [2.24, 2.45) is 0 Å². The summed E-state index contributed by atoms with van der Waals surface area (Å²) in [5.41, 5.74) is 1.71. The zero-order valence-electron chi connectivity index (χ0n) is 10.2. The number of anilines is 1. The van der Waals surface area contributed by atoms with Gasteiger partial charge in [-0.15, -0.1) is 0 Å². The Bertz CT molecular complexity index is 605. The minimum absolute atomic E-state index is 0.153. The highest BCUT2D eigenvalue weighted by molar-refractivity contribution is 6.30. The van der Waals surface area contributed by atoms with E-state index in [1.807, 2.05) is 0 Å². The van der Waals surface area contributed by atoms with Crippen LogP contribution in [-0.4, -0.2) is 20.9 Å². The van der Waals surface area contributed by atoms with E-state index >= 15 is 0 Å². The van der Waals surface area contributed by atoms with Crippen LogP contribution >= 0.6 is 23.2 Å². The predicted octanol–water partition coefficient (Wildman–Crippen LogP) is 3.05. The quantitative estimate of drug-likeness (QED) is 0.683. The number of amides is 1. The first kappa shape index (κ1) is 13.7. The van der Waals surface area contributed by atoms with E-state index in [4.69, 9.17) is 23.2 Å². The highest BCUT2D eigenvalue weighted by atomic mass is 35.5. The minimum atomic E-state index is -0.367. The number of hydrogen-bond acceptors (Lipinski definition) is 4. The van der Waals surface area contributed by atoms with Gasteiger partial charge in [0, 0.05) is 17.0 Å². The van der Waals surface area contributed by atoms with Gasteiger partial charge in [-0.05, 0) is 32.0 Å². The van der Waals surface area contributed by atoms with Crippen LogP contribution in [0.15, 0.2) is 18.2 Å². The molecule has 0 bridgehead atoms. The van der Waals surface area contributed by atoms with Gasteiger partial charge in [0.1, 0.15) is 10.3 Å². The van der Waals surface area contributed by atoms with Crippen LogP contribution in [0.3, 0.4) is 0 Å². The first-order valence-corrected chi connectivity index (χ1v) is 6.16. The molecule has 0 aliphatic heterocycles. The number of hydrogen-bond donors (Lipinski definition) is 1. The number of aromatic nitrogens is 3. The molecule has 0 atom stereocenters. The fourth-order valence-electron chi connectivity index (χ4n) is 1.52. The van der Waals surface area contributed by atoms with E-state index in [1.54, 1.807) is 26.0 Å². The Hall–Kier alpha value is -1.72. The lowest BCUT2D eigenvalue weighted by Gasteiger charge is -2.06. The van der Waals surface area contributed by atoms with Crippen molar-refractivity contribution in [3.05, 3.63) is 45.5 Å². The molecular weight excluding hydrogens is 287 g/mol. The van der Waals surface area contributed by atoms with Gasteiger partial charge < -0.3 is 0 Å². The number of pyridine rings is 1. The molecule has 0 spiro atoms. The molecule has 2 rings (SSSR count). The van der Waals surface area contributed by atoms with Gasteiger partial charge in [0.2, 0.25) is 5.95 Å². The van der Waals surface area contributed by atoms with Crippen LogP contribution in [0, 0.1) is 13.8 Å². The maximum Gasteiger partial charge on any atom is 0.258 e. The molecule has 0 saturated heterocycles. The number of nitrogens with zero attached hydrogens (tertiary/aromatic N) is 3. The Kier molecular flexibility index (Phi) is 3.97. The average Bonchev–Trinajstić information content (AvgIpc) is 2.25.